The molecule has 7 heteroatoms. The van der Waals surface area contributed by atoms with Crippen molar-refractivity contribution in [1.82, 2.24) is 10.2 Å². The van der Waals surface area contributed by atoms with Crippen LogP contribution < -0.4 is 10.6 Å². The molecule has 1 saturated heterocycles. The summed E-state index contributed by atoms with van der Waals surface area (Å²) in [6, 6.07) is 5.34. The highest BCUT2D eigenvalue weighted by atomic mass is 79.9. The quantitative estimate of drug-likeness (QED) is 0.833. The van der Waals surface area contributed by atoms with Crippen molar-refractivity contribution < 1.29 is 9.59 Å². The Morgan fingerprint density at radius 3 is 2.64 bits per heavy atom. The number of rotatable bonds is 4. The lowest BCUT2D eigenvalue weighted by Gasteiger charge is -2.30. The van der Waals surface area contributed by atoms with Crippen molar-refractivity contribution in [2.24, 2.45) is 5.92 Å². The van der Waals surface area contributed by atoms with Gasteiger partial charge in [0, 0.05) is 17.4 Å². The first-order valence-corrected chi connectivity index (χ1v) is 8.35. The Morgan fingerprint density at radius 1 is 1.36 bits per heavy atom. The third kappa shape index (κ3) is 4.69. The summed E-state index contributed by atoms with van der Waals surface area (Å²) in [6.45, 7) is 1.81. The molecule has 1 aromatic rings. The van der Waals surface area contributed by atoms with E-state index < -0.39 is 0 Å². The summed E-state index contributed by atoms with van der Waals surface area (Å²) >= 11 is 9.41. The second-order valence-electron chi connectivity index (χ2n) is 5.34. The molecule has 1 aromatic carbocycles. The Balaban J connectivity index is 1.82. The predicted octanol–water partition coefficient (Wildman–Crippen LogP) is 2.50. The minimum Gasteiger partial charge on any atom is -0.359 e. The van der Waals surface area contributed by atoms with Crippen molar-refractivity contribution in [1.29, 1.82) is 0 Å². The SMILES string of the molecule is CNC(=O)C1CCN(CC(=O)Nc2ccc(Br)cc2Cl)CC1. The zero-order valence-electron chi connectivity index (χ0n) is 12.4. The van der Waals surface area contributed by atoms with Gasteiger partial charge in [0.1, 0.15) is 0 Å². The van der Waals surface area contributed by atoms with Gasteiger partial charge in [-0.15, -0.1) is 0 Å². The number of benzene rings is 1. The number of likely N-dealkylation sites (tertiary alicyclic amines) is 1. The molecule has 0 aliphatic carbocycles. The summed E-state index contributed by atoms with van der Waals surface area (Å²) in [5.74, 6) is 0.0543. The number of amides is 2. The predicted molar refractivity (Wildman–Crippen MR) is 91.0 cm³/mol. The fourth-order valence-corrected chi connectivity index (χ4v) is 3.26. The summed E-state index contributed by atoms with van der Waals surface area (Å²) in [5.41, 5.74) is 0.607. The van der Waals surface area contributed by atoms with Crippen LogP contribution in [0.4, 0.5) is 5.69 Å². The van der Waals surface area contributed by atoms with Gasteiger partial charge >= 0.3 is 0 Å². The Bertz CT molecular complexity index is 560. The second kappa shape index (κ2) is 7.94. The van der Waals surface area contributed by atoms with Crippen molar-refractivity contribution in [3.05, 3.63) is 27.7 Å². The average molecular weight is 389 g/mol. The van der Waals surface area contributed by atoms with Crippen LogP contribution in [0.5, 0.6) is 0 Å². The molecule has 120 valence electrons. The number of piperidine rings is 1. The van der Waals surface area contributed by atoms with Gasteiger partial charge in [0.25, 0.3) is 0 Å². The van der Waals surface area contributed by atoms with Crippen LogP contribution in [-0.2, 0) is 9.59 Å². The Hall–Kier alpha value is -1.11. The first kappa shape index (κ1) is 17.2. The van der Waals surface area contributed by atoms with Gasteiger partial charge in [-0.05, 0) is 44.1 Å². The van der Waals surface area contributed by atoms with Crippen LogP contribution in [0.15, 0.2) is 22.7 Å². The molecule has 1 aliphatic rings. The van der Waals surface area contributed by atoms with Crippen LogP contribution in [0.1, 0.15) is 12.8 Å². The number of carbonyl (C=O) groups excluding carboxylic acids is 2. The van der Waals surface area contributed by atoms with Gasteiger partial charge in [-0.25, -0.2) is 0 Å². The Labute approximate surface area is 143 Å². The van der Waals surface area contributed by atoms with E-state index in [0.717, 1.165) is 30.4 Å². The van der Waals surface area contributed by atoms with E-state index in [1.165, 1.54) is 0 Å². The van der Waals surface area contributed by atoms with E-state index in [2.05, 4.69) is 31.5 Å². The van der Waals surface area contributed by atoms with Crippen LogP contribution in [0, 0.1) is 5.92 Å². The smallest absolute Gasteiger partial charge is 0.238 e. The molecule has 2 rings (SSSR count). The first-order valence-electron chi connectivity index (χ1n) is 7.18. The molecule has 0 bridgehead atoms. The third-order valence-electron chi connectivity index (χ3n) is 3.78. The number of hydrogen-bond acceptors (Lipinski definition) is 3. The zero-order valence-corrected chi connectivity index (χ0v) is 14.7. The lowest BCUT2D eigenvalue weighted by Crippen LogP contribution is -2.42. The number of carbonyl (C=O) groups is 2. The van der Waals surface area contributed by atoms with Crippen LogP contribution in [0.3, 0.4) is 0 Å². The maximum Gasteiger partial charge on any atom is 0.238 e. The monoisotopic (exact) mass is 387 g/mol. The molecule has 5 nitrogen and oxygen atoms in total. The number of nitrogens with one attached hydrogen (secondary N) is 2. The van der Waals surface area contributed by atoms with Crippen molar-refractivity contribution in [2.45, 2.75) is 12.8 Å². The standard InChI is InChI=1S/C15H19BrClN3O2/c1-18-15(22)10-4-6-20(7-5-10)9-14(21)19-13-3-2-11(16)8-12(13)17/h2-3,8,10H,4-7,9H2,1H3,(H,18,22)(H,19,21). The lowest BCUT2D eigenvalue weighted by atomic mass is 9.96. The summed E-state index contributed by atoms with van der Waals surface area (Å²) in [5, 5.41) is 6.00. The highest BCUT2D eigenvalue weighted by molar-refractivity contribution is 9.10. The maximum absolute atomic E-state index is 12.1. The van der Waals surface area contributed by atoms with Gasteiger partial charge in [-0.2, -0.15) is 0 Å². The molecule has 1 heterocycles. The highest BCUT2D eigenvalue weighted by Gasteiger charge is 2.25. The normalized spacial score (nSPS) is 16.3. The van der Waals surface area contributed by atoms with E-state index in [4.69, 9.17) is 11.6 Å². The fourth-order valence-electron chi connectivity index (χ4n) is 2.54. The molecule has 0 radical (unpaired) electrons. The van der Waals surface area contributed by atoms with E-state index in [1.54, 1.807) is 19.2 Å². The molecular formula is C15H19BrClN3O2. The molecule has 0 aromatic heterocycles. The second-order valence-corrected chi connectivity index (χ2v) is 6.66. The molecule has 0 saturated carbocycles. The molecule has 0 spiro atoms. The van der Waals surface area contributed by atoms with Crippen molar-refractivity contribution in [2.75, 3.05) is 32.0 Å². The molecule has 0 atom stereocenters. The molecule has 0 unspecified atom stereocenters. The molecule has 22 heavy (non-hydrogen) atoms. The maximum atomic E-state index is 12.1. The van der Waals surface area contributed by atoms with Gasteiger partial charge in [0.15, 0.2) is 0 Å². The van der Waals surface area contributed by atoms with Crippen molar-refractivity contribution in [3.8, 4) is 0 Å². The van der Waals surface area contributed by atoms with E-state index in [-0.39, 0.29) is 17.7 Å². The lowest BCUT2D eigenvalue weighted by molar-refractivity contribution is -0.126. The summed E-state index contributed by atoms with van der Waals surface area (Å²) in [6.07, 6.45) is 1.57. The van der Waals surface area contributed by atoms with Crippen LogP contribution in [0.2, 0.25) is 5.02 Å². The number of nitrogens with zero attached hydrogens (tertiary/aromatic N) is 1. The zero-order chi connectivity index (χ0) is 16.1. The molecule has 2 amide bonds. The highest BCUT2D eigenvalue weighted by Crippen LogP contribution is 2.25. The largest absolute Gasteiger partial charge is 0.359 e. The van der Waals surface area contributed by atoms with Crippen molar-refractivity contribution in [3.63, 3.8) is 0 Å². The van der Waals surface area contributed by atoms with Crippen LogP contribution in [0.25, 0.3) is 0 Å². The third-order valence-corrected chi connectivity index (χ3v) is 4.58. The van der Waals surface area contributed by atoms with E-state index in [9.17, 15) is 9.59 Å². The Kier molecular flexibility index (Phi) is 6.23. The van der Waals surface area contributed by atoms with Gasteiger partial charge in [0.2, 0.25) is 11.8 Å². The van der Waals surface area contributed by atoms with E-state index in [0.29, 0.717) is 17.3 Å². The summed E-state index contributed by atoms with van der Waals surface area (Å²) < 4.78 is 0.867. The van der Waals surface area contributed by atoms with E-state index >= 15 is 0 Å². The van der Waals surface area contributed by atoms with Crippen LogP contribution in [-0.4, -0.2) is 43.4 Å². The van der Waals surface area contributed by atoms with Gasteiger partial charge < -0.3 is 10.6 Å². The van der Waals surface area contributed by atoms with Gasteiger partial charge in [-0.1, -0.05) is 27.5 Å². The summed E-state index contributed by atoms with van der Waals surface area (Å²) in [7, 11) is 1.66. The van der Waals surface area contributed by atoms with Crippen LogP contribution >= 0.6 is 27.5 Å². The molecule has 1 fully saturated rings. The minimum absolute atomic E-state index is 0.0604. The number of anilines is 1. The Morgan fingerprint density at radius 2 is 2.05 bits per heavy atom. The average Bonchev–Trinajstić information content (AvgIpc) is 2.50. The summed E-state index contributed by atoms with van der Waals surface area (Å²) in [4.78, 5) is 25.7. The molecule has 1 aliphatic heterocycles. The molecular weight excluding hydrogens is 370 g/mol. The van der Waals surface area contributed by atoms with Gasteiger partial charge in [0.05, 0.1) is 17.3 Å². The van der Waals surface area contributed by atoms with Gasteiger partial charge in [-0.3, -0.25) is 14.5 Å². The number of hydrogen-bond donors (Lipinski definition) is 2. The fraction of sp³-hybridized carbons (Fsp3) is 0.467. The van der Waals surface area contributed by atoms with E-state index in [1.807, 2.05) is 6.07 Å². The molecule has 2 N–H and O–H groups in total. The topological polar surface area (TPSA) is 61.4 Å². The van der Waals surface area contributed by atoms with Crippen molar-refractivity contribution >= 4 is 45.0 Å². The number of halogens is 2. The first-order chi connectivity index (χ1) is 10.5. The minimum atomic E-state index is -0.0948.